The molecular weight excluding hydrogens is 392 g/mol. The van der Waals surface area contributed by atoms with Crippen molar-refractivity contribution in [1.29, 1.82) is 0 Å². The van der Waals surface area contributed by atoms with Crippen LogP contribution in [0.25, 0.3) is 0 Å². The van der Waals surface area contributed by atoms with Crippen molar-refractivity contribution in [1.82, 2.24) is 9.88 Å². The van der Waals surface area contributed by atoms with Gasteiger partial charge in [0, 0.05) is 11.9 Å². The first-order valence-electron chi connectivity index (χ1n) is 10.4. The Kier molecular flexibility index (Phi) is 7.63. The standard InChI is InChI=1S/C25H30N2O2S/c1-18(2)14-27(25(28)13-21-8-6-5-7-9-21)15-22-17-30-24(26-22)16-29-23-11-10-19(3)20(4)12-23/h5-12,17-18H,13-16H2,1-4H3. The highest BCUT2D eigenvalue weighted by molar-refractivity contribution is 7.09. The van der Waals surface area contributed by atoms with Gasteiger partial charge in [0.1, 0.15) is 17.4 Å². The van der Waals surface area contributed by atoms with Gasteiger partial charge in [0.05, 0.1) is 18.7 Å². The fourth-order valence-corrected chi connectivity index (χ4v) is 3.91. The molecule has 3 aromatic rings. The molecule has 0 unspecified atom stereocenters. The molecule has 1 heterocycles. The average Bonchev–Trinajstić information content (AvgIpc) is 3.16. The number of carbonyl (C=O) groups excluding carboxylic acids is 1. The van der Waals surface area contributed by atoms with Gasteiger partial charge in [0.15, 0.2) is 0 Å². The van der Waals surface area contributed by atoms with Crippen LogP contribution in [0, 0.1) is 19.8 Å². The van der Waals surface area contributed by atoms with E-state index < -0.39 is 0 Å². The van der Waals surface area contributed by atoms with Gasteiger partial charge >= 0.3 is 0 Å². The summed E-state index contributed by atoms with van der Waals surface area (Å²) in [6.07, 6.45) is 0.417. The molecule has 4 nitrogen and oxygen atoms in total. The molecule has 5 heteroatoms. The highest BCUT2D eigenvalue weighted by Crippen LogP contribution is 2.20. The van der Waals surface area contributed by atoms with E-state index in [1.807, 2.05) is 46.7 Å². The highest BCUT2D eigenvalue weighted by atomic mass is 32.1. The van der Waals surface area contributed by atoms with Crippen LogP contribution in [0.2, 0.25) is 0 Å². The lowest BCUT2D eigenvalue weighted by molar-refractivity contribution is -0.131. The Labute approximate surface area is 183 Å². The van der Waals surface area contributed by atoms with Crippen molar-refractivity contribution in [2.24, 2.45) is 5.92 Å². The van der Waals surface area contributed by atoms with Gasteiger partial charge < -0.3 is 9.64 Å². The van der Waals surface area contributed by atoms with Crippen molar-refractivity contribution in [3.8, 4) is 5.75 Å². The SMILES string of the molecule is Cc1ccc(OCc2nc(CN(CC(C)C)C(=O)Cc3ccccc3)cs2)cc1C. The molecule has 0 aliphatic heterocycles. The van der Waals surface area contributed by atoms with Crippen molar-refractivity contribution < 1.29 is 9.53 Å². The molecule has 0 spiro atoms. The maximum Gasteiger partial charge on any atom is 0.227 e. The summed E-state index contributed by atoms with van der Waals surface area (Å²) >= 11 is 1.58. The van der Waals surface area contributed by atoms with Crippen LogP contribution in [0.3, 0.4) is 0 Å². The monoisotopic (exact) mass is 422 g/mol. The lowest BCUT2D eigenvalue weighted by Gasteiger charge is -2.24. The van der Waals surface area contributed by atoms with E-state index in [2.05, 4.69) is 39.8 Å². The topological polar surface area (TPSA) is 42.4 Å². The van der Waals surface area contributed by atoms with Gasteiger partial charge in [-0.2, -0.15) is 0 Å². The van der Waals surface area contributed by atoms with E-state index in [1.165, 1.54) is 11.1 Å². The maximum absolute atomic E-state index is 12.9. The molecule has 2 aromatic carbocycles. The van der Waals surface area contributed by atoms with Crippen LogP contribution in [0.1, 0.15) is 41.2 Å². The van der Waals surface area contributed by atoms with Gasteiger partial charge in [0.2, 0.25) is 5.91 Å². The van der Waals surface area contributed by atoms with E-state index in [0.717, 1.165) is 28.6 Å². The summed E-state index contributed by atoms with van der Waals surface area (Å²) in [5.41, 5.74) is 4.43. The van der Waals surface area contributed by atoms with E-state index in [-0.39, 0.29) is 5.91 Å². The Balaban J connectivity index is 1.61. The molecule has 0 aliphatic carbocycles. The summed E-state index contributed by atoms with van der Waals surface area (Å²) in [6, 6.07) is 16.0. The Morgan fingerprint density at radius 2 is 1.87 bits per heavy atom. The first-order valence-corrected chi connectivity index (χ1v) is 11.2. The summed E-state index contributed by atoms with van der Waals surface area (Å²) in [5.74, 6) is 1.39. The number of amides is 1. The van der Waals surface area contributed by atoms with Gasteiger partial charge in [-0.3, -0.25) is 4.79 Å². The number of thiazole rings is 1. The highest BCUT2D eigenvalue weighted by Gasteiger charge is 2.17. The van der Waals surface area contributed by atoms with Crippen LogP contribution in [-0.4, -0.2) is 22.3 Å². The smallest absolute Gasteiger partial charge is 0.227 e. The average molecular weight is 423 g/mol. The molecule has 0 radical (unpaired) electrons. The molecule has 0 saturated heterocycles. The molecule has 0 saturated carbocycles. The second-order valence-corrected chi connectivity index (χ2v) is 9.04. The minimum atomic E-state index is 0.135. The Morgan fingerprint density at radius 1 is 1.10 bits per heavy atom. The van der Waals surface area contributed by atoms with Crippen molar-refractivity contribution in [3.05, 3.63) is 81.3 Å². The van der Waals surface area contributed by atoms with Gasteiger partial charge in [-0.25, -0.2) is 4.98 Å². The number of carbonyl (C=O) groups is 1. The number of hydrogen-bond acceptors (Lipinski definition) is 4. The molecule has 0 N–H and O–H groups in total. The normalized spacial score (nSPS) is 11.0. The Morgan fingerprint density at radius 3 is 2.57 bits per heavy atom. The first kappa shape index (κ1) is 22.0. The molecule has 1 amide bonds. The number of benzene rings is 2. The van der Waals surface area contributed by atoms with Gasteiger partial charge in [-0.15, -0.1) is 11.3 Å². The van der Waals surface area contributed by atoms with E-state index in [0.29, 0.717) is 25.5 Å². The molecule has 0 atom stereocenters. The van der Waals surface area contributed by atoms with Gasteiger partial charge in [0.25, 0.3) is 0 Å². The minimum Gasteiger partial charge on any atom is -0.486 e. The predicted octanol–water partition coefficient (Wildman–Crippen LogP) is 5.57. The van der Waals surface area contributed by atoms with Crippen LogP contribution in [0.4, 0.5) is 0 Å². The van der Waals surface area contributed by atoms with Crippen LogP contribution in [-0.2, 0) is 24.4 Å². The molecule has 0 aliphatic rings. The van der Waals surface area contributed by atoms with E-state index in [4.69, 9.17) is 9.72 Å². The number of aryl methyl sites for hydroxylation is 2. The van der Waals surface area contributed by atoms with E-state index in [9.17, 15) is 4.79 Å². The lowest BCUT2D eigenvalue weighted by Crippen LogP contribution is -2.35. The third kappa shape index (κ3) is 6.42. The Hall–Kier alpha value is -2.66. The molecule has 158 valence electrons. The van der Waals surface area contributed by atoms with Crippen molar-refractivity contribution >= 4 is 17.2 Å². The van der Waals surface area contributed by atoms with Crippen LogP contribution in [0.5, 0.6) is 5.75 Å². The van der Waals surface area contributed by atoms with Crippen LogP contribution >= 0.6 is 11.3 Å². The summed E-state index contributed by atoms with van der Waals surface area (Å²) in [4.78, 5) is 19.5. The lowest BCUT2D eigenvalue weighted by atomic mass is 10.1. The zero-order valence-electron chi connectivity index (χ0n) is 18.2. The zero-order valence-corrected chi connectivity index (χ0v) is 19.0. The molecule has 1 aromatic heterocycles. The fraction of sp³-hybridized carbons (Fsp3) is 0.360. The molecular formula is C25H30N2O2S. The minimum absolute atomic E-state index is 0.135. The summed E-state index contributed by atoms with van der Waals surface area (Å²) in [5, 5.41) is 2.95. The van der Waals surface area contributed by atoms with Crippen molar-refractivity contribution in [3.63, 3.8) is 0 Å². The quantitative estimate of drug-likeness (QED) is 0.453. The zero-order chi connectivity index (χ0) is 21.5. The van der Waals surface area contributed by atoms with Gasteiger partial charge in [-0.1, -0.05) is 50.2 Å². The maximum atomic E-state index is 12.9. The van der Waals surface area contributed by atoms with E-state index >= 15 is 0 Å². The molecule has 3 rings (SSSR count). The summed E-state index contributed by atoms with van der Waals surface area (Å²) in [6.45, 7) is 10.1. The summed E-state index contributed by atoms with van der Waals surface area (Å²) < 4.78 is 5.90. The number of ether oxygens (including phenoxy) is 1. The van der Waals surface area contributed by atoms with Crippen molar-refractivity contribution in [2.45, 2.75) is 47.3 Å². The van der Waals surface area contributed by atoms with E-state index in [1.54, 1.807) is 11.3 Å². The third-order valence-corrected chi connectivity index (χ3v) is 5.80. The predicted molar refractivity (Wildman–Crippen MR) is 123 cm³/mol. The number of hydrogen-bond donors (Lipinski definition) is 0. The van der Waals surface area contributed by atoms with Crippen LogP contribution in [0.15, 0.2) is 53.9 Å². The summed E-state index contributed by atoms with van der Waals surface area (Å²) in [7, 11) is 0. The fourth-order valence-electron chi connectivity index (χ4n) is 3.21. The number of aromatic nitrogens is 1. The first-order chi connectivity index (χ1) is 14.4. The third-order valence-electron chi connectivity index (χ3n) is 4.93. The molecule has 30 heavy (non-hydrogen) atoms. The van der Waals surface area contributed by atoms with Crippen LogP contribution < -0.4 is 4.74 Å². The largest absolute Gasteiger partial charge is 0.486 e. The second kappa shape index (κ2) is 10.4. The Bertz CT molecular complexity index is 966. The van der Waals surface area contributed by atoms with Crippen molar-refractivity contribution in [2.75, 3.05) is 6.54 Å². The molecule has 0 fully saturated rings. The second-order valence-electron chi connectivity index (χ2n) is 8.10. The molecule has 0 bridgehead atoms. The number of rotatable bonds is 9. The van der Waals surface area contributed by atoms with Gasteiger partial charge in [-0.05, 0) is 48.6 Å². The number of nitrogens with zero attached hydrogens (tertiary/aromatic N) is 2.